The molecule has 0 aliphatic heterocycles. The number of nitrogens with one attached hydrogen (secondary N) is 1. The summed E-state index contributed by atoms with van der Waals surface area (Å²) in [5.41, 5.74) is 6.56. The lowest BCUT2D eigenvalue weighted by atomic mass is 9.96. The lowest BCUT2D eigenvalue weighted by Gasteiger charge is -2.24. The van der Waals surface area contributed by atoms with Gasteiger partial charge in [-0.15, -0.1) is 11.3 Å². The highest BCUT2D eigenvalue weighted by Gasteiger charge is 2.23. The minimum Gasteiger partial charge on any atom is -0.486 e. The molecule has 3 N–H and O–H groups in total. The number of nitrogens with two attached hydrogens (primary N) is 1. The van der Waals surface area contributed by atoms with Gasteiger partial charge < -0.3 is 15.8 Å². The number of hydrogen-bond acceptors (Lipinski definition) is 5. The van der Waals surface area contributed by atoms with Crippen molar-refractivity contribution in [3.05, 3.63) is 4.88 Å². The number of thiophene rings is 1. The molecule has 0 spiro atoms. The van der Waals surface area contributed by atoms with Crippen LogP contribution in [0.25, 0.3) is 0 Å². The van der Waals surface area contributed by atoms with E-state index in [9.17, 15) is 4.79 Å². The lowest BCUT2D eigenvalue weighted by Crippen LogP contribution is -2.22. The molecule has 1 aromatic rings. The van der Waals surface area contributed by atoms with Crippen LogP contribution in [0.1, 0.15) is 62.5 Å². The van der Waals surface area contributed by atoms with E-state index in [1.807, 2.05) is 13.8 Å². The minimum atomic E-state index is -0.00204. The molecule has 1 heterocycles. The van der Waals surface area contributed by atoms with Crippen LogP contribution >= 0.6 is 11.3 Å². The van der Waals surface area contributed by atoms with Crippen LogP contribution in [0.4, 0.5) is 10.7 Å². The standard InChI is InChI=1S/C15H24N2O2S/c1-9(2)19-13-12(16)14(10(3)18)20-15(13)17-11-7-5-4-6-8-11/h9,11,17H,4-8,16H2,1-3H3. The summed E-state index contributed by atoms with van der Waals surface area (Å²) in [4.78, 5) is 12.3. The maximum absolute atomic E-state index is 11.7. The molecule has 0 saturated heterocycles. The monoisotopic (exact) mass is 296 g/mol. The van der Waals surface area contributed by atoms with Gasteiger partial charge >= 0.3 is 0 Å². The van der Waals surface area contributed by atoms with Gasteiger partial charge in [0.15, 0.2) is 11.5 Å². The Kier molecular flexibility index (Phi) is 4.91. The molecule has 1 aromatic heterocycles. The Bertz CT molecular complexity index is 476. The molecule has 0 aromatic carbocycles. The smallest absolute Gasteiger partial charge is 0.177 e. The highest BCUT2D eigenvalue weighted by Crippen LogP contribution is 2.44. The van der Waals surface area contributed by atoms with Crippen LogP contribution in [0, 0.1) is 0 Å². The third-order valence-electron chi connectivity index (χ3n) is 3.51. The number of rotatable bonds is 5. The fourth-order valence-electron chi connectivity index (χ4n) is 2.57. The highest BCUT2D eigenvalue weighted by atomic mass is 32.1. The maximum atomic E-state index is 11.7. The van der Waals surface area contributed by atoms with Gasteiger partial charge in [-0.1, -0.05) is 19.3 Å². The molecule has 5 heteroatoms. The second kappa shape index (κ2) is 6.48. The largest absolute Gasteiger partial charge is 0.486 e. The van der Waals surface area contributed by atoms with Gasteiger partial charge in [-0.05, 0) is 26.7 Å². The van der Waals surface area contributed by atoms with Crippen molar-refractivity contribution in [1.82, 2.24) is 0 Å². The summed E-state index contributed by atoms with van der Waals surface area (Å²) in [5.74, 6) is 0.651. The van der Waals surface area contributed by atoms with E-state index in [1.54, 1.807) is 6.92 Å². The van der Waals surface area contributed by atoms with Crippen LogP contribution < -0.4 is 15.8 Å². The lowest BCUT2D eigenvalue weighted by molar-refractivity contribution is 0.102. The second-order valence-electron chi connectivity index (χ2n) is 5.71. The summed E-state index contributed by atoms with van der Waals surface area (Å²) < 4.78 is 5.82. The van der Waals surface area contributed by atoms with Crippen molar-refractivity contribution in [3.63, 3.8) is 0 Å². The summed E-state index contributed by atoms with van der Waals surface area (Å²) >= 11 is 1.42. The third-order valence-corrected chi connectivity index (χ3v) is 4.73. The van der Waals surface area contributed by atoms with Crippen LogP contribution in [-0.4, -0.2) is 17.9 Å². The number of anilines is 2. The van der Waals surface area contributed by atoms with Gasteiger partial charge in [0.25, 0.3) is 0 Å². The molecule has 0 atom stereocenters. The first-order valence-electron chi connectivity index (χ1n) is 7.35. The molecule has 2 rings (SSSR count). The molecule has 1 aliphatic rings. The topological polar surface area (TPSA) is 64.3 Å². The van der Waals surface area contributed by atoms with Crippen molar-refractivity contribution < 1.29 is 9.53 Å². The van der Waals surface area contributed by atoms with Crippen LogP contribution in [-0.2, 0) is 0 Å². The fraction of sp³-hybridized carbons (Fsp3) is 0.667. The van der Waals surface area contributed by atoms with Crippen LogP contribution in [0.15, 0.2) is 0 Å². The molecule has 4 nitrogen and oxygen atoms in total. The van der Waals surface area contributed by atoms with Crippen molar-refractivity contribution in [2.75, 3.05) is 11.1 Å². The Balaban J connectivity index is 2.24. The number of Topliss-reactive ketones (excluding diaryl/α,β-unsaturated/α-hetero) is 1. The van der Waals surface area contributed by atoms with Crippen LogP contribution in [0.2, 0.25) is 0 Å². The molecule has 20 heavy (non-hydrogen) atoms. The van der Waals surface area contributed by atoms with Crippen molar-refractivity contribution in [2.24, 2.45) is 0 Å². The average Bonchev–Trinajstić information content (AvgIpc) is 2.68. The number of ketones is 1. The summed E-state index contributed by atoms with van der Waals surface area (Å²) in [5, 5.41) is 4.44. The second-order valence-corrected chi connectivity index (χ2v) is 6.73. The van der Waals surface area contributed by atoms with E-state index in [0.29, 0.717) is 22.4 Å². The predicted molar refractivity (Wildman–Crippen MR) is 85.0 cm³/mol. The SMILES string of the molecule is CC(=O)c1sc(NC2CCCCC2)c(OC(C)C)c1N. The molecule has 0 radical (unpaired) electrons. The van der Waals surface area contributed by atoms with E-state index < -0.39 is 0 Å². The van der Waals surface area contributed by atoms with Crippen molar-refractivity contribution in [3.8, 4) is 5.75 Å². The van der Waals surface area contributed by atoms with Gasteiger partial charge in [-0.25, -0.2) is 0 Å². The first kappa shape index (κ1) is 15.2. The minimum absolute atomic E-state index is 0.00204. The van der Waals surface area contributed by atoms with Crippen molar-refractivity contribution in [2.45, 2.75) is 65.0 Å². The zero-order valence-corrected chi connectivity index (χ0v) is 13.3. The van der Waals surface area contributed by atoms with Crippen molar-refractivity contribution in [1.29, 1.82) is 0 Å². The number of carbonyl (C=O) groups excluding carboxylic acids is 1. The van der Waals surface area contributed by atoms with E-state index in [1.165, 1.54) is 43.4 Å². The quantitative estimate of drug-likeness (QED) is 0.804. The van der Waals surface area contributed by atoms with E-state index in [-0.39, 0.29) is 11.9 Å². The van der Waals surface area contributed by atoms with Gasteiger partial charge in [0, 0.05) is 13.0 Å². The molecule has 1 fully saturated rings. The molecule has 1 aliphatic carbocycles. The number of carbonyl (C=O) groups is 1. The first-order chi connectivity index (χ1) is 9.49. The zero-order chi connectivity index (χ0) is 14.7. The Labute approximate surface area is 124 Å². The van der Waals surface area contributed by atoms with E-state index in [0.717, 1.165) is 5.00 Å². The summed E-state index contributed by atoms with van der Waals surface area (Å²) in [6.45, 7) is 5.48. The fourth-order valence-corrected chi connectivity index (χ4v) is 3.60. The molecular formula is C15H24N2O2S. The summed E-state index contributed by atoms with van der Waals surface area (Å²) in [6, 6.07) is 0.469. The number of nitrogen functional groups attached to an aromatic ring is 1. The van der Waals surface area contributed by atoms with E-state index in [4.69, 9.17) is 10.5 Å². The number of hydrogen-bond donors (Lipinski definition) is 2. The van der Waals surface area contributed by atoms with Gasteiger partial charge in [0.1, 0.15) is 5.00 Å². The third kappa shape index (κ3) is 3.45. The summed E-state index contributed by atoms with van der Waals surface area (Å²) in [6.07, 6.45) is 6.23. The average molecular weight is 296 g/mol. The molecule has 0 bridgehead atoms. The highest BCUT2D eigenvalue weighted by molar-refractivity contribution is 7.19. The van der Waals surface area contributed by atoms with Crippen molar-refractivity contribution >= 4 is 27.8 Å². The van der Waals surface area contributed by atoms with Gasteiger partial charge in [-0.2, -0.15) is 0 Å². The van der Waals surface area contributed by atoms with Gasteiger partial charge in [0.2, 0.25) is 0 Å². The molecular weight excluding hydrogens is 272 g/mol. The van der Waals surface area contributed by atoms with Crippen LogP contribution in [0.3, 0.4) is 0 Å². The Hall–Kier alpha value is -1.23. The normalized spacial score (nSPS) is 16.4. The van der Waals surface area contributed by atoms with E-state index >= 15 is 0 Å². The maximum Gasteiger partial charge on any atom is 0.177 e. The first-order valence-corrected chi connectivity index (χ1v) is 8.17. The molecule has 1 saturated carbocycles. The molecule has 112 valence electrons. The van der Waals surface area contributed by atoms with Crippen LogP contribution in [0.5, 0.6) is 5.75 Å². The van der Waals surface area contributed by atoms with Gasteiger partial charge in [0.05, 0.1) is 16.7 Å². The van der Waals surface area contributed by atoms with Gasteiger partial charge in [-0.3, -0.25) is 4.79 Å². The Morgan fingerprint density at radius 2 is 2.00 bits per heavy atom. The Morgan fingerprint density at radius 3 is 2.55 bits per heavy atom. The van der Waals surface area contributed by atoms with E-state index in [2.05, 4.69) is 5.32 Å². The molecule has 0 amide bonds. The zero-order valence-electron chi connectivity index (χ0n) is 12.5. The molecule has 0 unspecified atom stereocenters. The predicted octanol–water partition coefficient (Wildman–Crippen LogP) is 4.06. The Morgan fingerprint density at radius 1 is 1.35 bits per heavy atom. The summed E-state index contributed by atoms with van der Waals surface area (Å²) in [7, 11) is 0. The number of ether oxygens (including phenoxy) is 1.